The summed E-state index contributed by atoms with van der Waals surface area (Å²) < 4.78 is 41.1. The number of benzene rings is 2. The van der Waals surface area contributed by atoms with Gasteiger partial charge in [-0.25, -0.2) is 0 Å². The number of halogens is 3. The summed E-state index contributed by atoms with van der Waals surface area (Å²) in [6.45, 7) is 0.210. The van der Waals surface area contributed by atoms with Gasteiger partial charge in [-0.15, -0.1) is 13.2 Å². The number of aliphatic hydroxyl groups is 1. The topological polar surface area (TPSA) is 185 Å². The van der Waals surface area contributed by atoms with Gasteiger partial charge in [0, 0.05) is 43.7 Å². The summed E-state index contributed by atoms with van der Waals surface area (Å²) in [6, 6.07) is 6.81. The summed E-state index contributed by atoms with van der Waals surface area (Å²) in [5, 5.41) is 28.5. The maximum Gasteiger partial charge on any atom is 0.573 e. The van der Waals surface area contributed by atoms with Crippen LogP contribution in [-0.4, -0.2) is 58.3 Å². The Morgan fingerprint density at radius 2 is 1.77 bits per heavy atom. The minimum Gasteiger partial charge on any atom is -0.507 e. The molecule has 0 bridgehead atoms. The van der Waals surface area contributed by atoms with Crippen LogP contribution < -0.4 is 21.1 Å². The Morgan fingerprint density at radius 3 is 2.37 bits per heavy atom. The molecule has 3 aliphatic carbocycles. The molecule has 5 atom stereocenters. The highest BCUT2D eigenvalue weighted by atomic mass is 19.4. The molecular weight excluding hydrogens is 575 g/mol. The molecule has 1 amide bonds. The average Bonchev–Trinajstić information content (AvgIpc) is 2.91. The Hall–Kier alpha value is -4.30. The van der Waals surface area contributed by atoms with Crippen LogP contribution in [0.15, 0.2) is 30.3 Å². The Kier molecular flexibility index (Phi) is 7.55. The third kappa shape index (κ3) is 5.14. The summed E-state index contributed by atoms with van der Waals surface area (Å²) in [7, 11) is 1.61. The summed E-state index contributed by atoms with van der Waals surface area (Å²) in [4.78, 5) is 64.9. The average molecular weight is 604 g/mol. The van der Waals surface area contributed by atoms with Crippen molar-refractivity contribution in [3.63, 3.8) is 0 Å². The number of carbonyl (C=O) groups excluding carboxylic acids is 5. The van der Waals surface area contributed by atoms with E-state index in [0.717, 1.165) is 12.1 Å². The molecule has 0 heterocycles. The lowest BCUT2D eigenvalue weighted by Crippen LogP contribution is -2.68. The lowest BCUT2D eigenvalue weighted by Gasteiger charge is -2.48. The number of hydrogen-bond acceptors (Lipinski definition) is 10. The van der Waals surface area contributed by atoms with Crippen LogP contribution in [0, 0.1) is 23.7 Å². The van der Waals surface area contributed by atoms with Crippen LogP contribution in [0.1, 0.15) is 39.9 Å². The van der Waals surface area contributed by atoms with Crippen molar-refractivity contribution in [1.82, 2.24) is 5.32 Å². The fourth-order valence-corrected chi connectivity index (χ4v) is 6.60. The van der Waals surface area contributed by atoms with E-state index >= 15 is 0 Å². The zero-order chi connectivity index (χ0) is 31.4. The molecule has 6 N–H and O–H groups in total. The second-order valence-corrected chi connectivity index (χ2v) is 11.1. The van der Waals surface area contributed by atoms with E-state index in [1.807, 2.05) is 0 Å². The number of carbonyl (C=O) groups is 5. The number of fused-ring (bicyclic) bond motifs is 3. The molecule has 0 saturated heterocycles. The molecule has 2 unspecified atom stereocenters. The number of aromatic hydroxyl groups is 1. The molecule has 228 valence electrons. The van der Waals surface area contributed by atoms with Crippen LogP contribution >= 0.6 is 0 Å². The summed E-state index contributed by atoms with van der Waals surface area (Å²) in [6.07, 6.45) is -5.11. The summed E-state index contributed by atoms with van der Waals surface area (Å²) >= 11 is 0. The van der Waals surface area contributed by atoms with E-state index in [1.54, 1.807) is 13.1 Å². The molecule has 11 nitrogen and oxygen atoms in total. The van der Waals surface area contributed by atoms with Gasteiger partial charge in [-0.3, -0.25) is 24.0 Å². The first kappa shape index (κ1) is 30.2. The van der Waals surface area contributed by atoms with Gasteiger partial charge in [0.15, 0.2) is 34.7 Å². The highest BCUT2D eigenvalue weighted by molar-refractivity contribution is 6.31. The fourth-order valence-electron chi connectivity index (χ4n) is 6.60. The van der Waals surface area contributed by atoms with Gasteiger partial charge in [-0.05, 0) is 48.1 Å². The number of rotatable bonds is 7. The van der Waals surface area contributed by atoms with Gasteiger partial charge in [0.2, 0.25) is 5.91 Å². The zero-order valence-corrected chi connectivity index (χ0v) is 22.8. The Balaban J connectivity index is 1.40. The van der Waals surface area contributed by atoms with E-state index in [-0.39, 0.29) is 42.8 Å². The molecule has 2 aromatic carbocycles. The molecule has 2 aromatic rings. The van der Waals surface area contributed by atoms with E-state index in [0.29, 0.717) is 16.8 Å². The second-order valence-electron chi connectivity index (χ2n) is 11.1. The van der Waals surface area contributed by atoms with Crippen molar-refractivity contribution in [2.45, 2.75) is 44.3 Å². The lowest BCUT2D eigenvalue weighted by atomic mass is 9.53. The van der Waals surface area contributed by atoms with Gasteiger partial charge in [-0.1, -0.05) is 12.1 Å². The van der Waals surface area contributed by atoms with Gasteiger partial charge in [-0.2, -0.15) is 0 Å². The quantitative estimate of drug-likeness (QED) is 0.230. The number of anilines is 1. The number of nitrogens with one attached hydrogen (secondary N) is 2. The first-order chi connectivity index (χ1) is 20.2. The zero-order valence-electron chi connectivity index (χ0n) is 22.8. The van der Waals surface area contributed by atoms with Crippen molar-refractivity contribution in [3.05, 3.63) is 52.6 Å². The van der Waals surface area contributed by atoms with Gasteiger partial charge < -0.3 is 31.3 Å². The smallest absolute Gasteiger partial charge is 0.507 e. The second kappa shape index (κ2) is 10.8. The third-order valence-electron chi connectivity index (χ3n) is 8.55. The predicted molar refractivity (Wildman–Crippen MR) is 142 cm³/mol. The van der Waals surface area contributed by atoms with Crippen LogP contribution in [0.5, 0.6) is 11.5 Å². The number of primary amides is 1. The molecule has 2 saturated carbocycles. The highest BCUT2D eigenvalue weighted by Gasteiger charge is 2.66. The molecule has 5 rings (SSSR count). The van der Waals surface area contributed by atoms with E-state index in [4.69, 9.17) is 5.73 Å². The van der Waals surface area contributed by atoms with Crippen molar-refractivity contribution >= 4 is 34.7 Å². The minimum atomic E-state index is -4.81. The van der Waals surface area contributed by atoms with E-state index < -0.39 is 76.8 Å². The van der Waals surface area contributed by atoms with Crippen molar-refractivity contribution < 1.29 is 52.1 Å². The number of amides is 1. The number of phenolic OH excluding ortho intramolecular Hbond substituents is 1. The summed E-state index contributed by atoms with van der Waals surface area (Å²) in [5.41, 5.74) is 4.17. The standard InChI is InChI=1S/C29H28F3N3O8/c1-34-18-8-14(11-35-10-12-2-4-16(5-3-12)43-29(30,31)32)23(37)21-17(18)7-13-6-15-9-19(36)22(27(33)41)26(40)28(15,42)25(39)20(13)24(21)38/h2-5,8,13,15,20,22,34-35,37,42H,6-7,9-11H2,1H3,(H2,33,41)/t13-,15+,20?,22?,28+/m1/s1. The molecule has 0 aliphatic heterocycles. The number of ether oxygens (including phenoxy) is 1. The van der Waals surface area contributed by atoms with Crippen LogP contribution in [0.25, 0.3) is 0 Å². The number of ketones is 4. The van der Waals surface area contributed by atoms with Crippen LogP contribution in [0.4, 0.5) is 18.9 Å². The van der Waals surface area contributed by atoms with Crippen molar-refractivity contribution in [2.24, 2.45) is 29.4 Å². The number of phenols is 1. The molecule has 43 heavy (non-hydrogen) atoms. The normalized spacial score (nSPS) is 26.8. The monoisotopic (exact) mass is 603 g/mol. The molecule has 0 spiro atoms. The molecule has 2 fully saturated rings. The molecule has 0 radical (unpaired) electrons. The first-order valence-electron chi connectivity index (χ1n) is 13.5. The van der Waals surface area contributed by atoms with Gasteiger partial charge >= 0.3 is 6.36 Å². The molecule has 0 aromatic heterocycles. The number of alkyl halides is 3. The highest BCUT2D eigenvalue weighted by Crippen LogP contribution is 2.51. The minimum absolute atomic E-state index is 0.0128. The van der Waals surface area contributed by atoms with Crippen LogP contribution in [0.2, 0.25) is 0 Å². The van der Waals surface area contributed by atoms with Crippen molar-refractivity contribution in [1.29, 1.82) is 0 Å². The van der Waals surface area contributed by atoms with Crippen molar-refractivity contribution in [3.8, 4) is 11.5 Å². The fraction of sp³-hybridized carbons (Fsp3) is 0.414. The van der Waals surface area contributed by atoms with Gasteiger partial charge in [0.05, 0.1) is 11.5 Å². The Morgan fingerprint density at radius 1 is 1.09 bits per heavy atom. The Bertz CT molecular complexity index is 1540. The van der Waals surface area contributed by atoms with Gasteiger partial charge in [0.1, 0.15) is 11.5 Å². The Labute approximate surface area is 242 Å². The number of Topliss-reactive ketones (excluding diaryl/α,β-unsaturated/α-hetero) is 4. The number of nitrogens with two attached hydrogens (primary N) is 1. The molecular formula is C29H28F3N3O8. The van der Waals surface area contributed by atoms with Crippen LogP contribution in [0.3, 0.4) is 0 Å². The largest absolute Gasteiger partial charge is 0.573 e. The maximum atomic E-state index is 13.8. The lowest BCUT2D eigenvalue weighted by molar-refractivity contribution is -0.274. The number of hydrogen-bond donors (Lipinski definition) is 5. The maximum absolute atomic E-state index is 13.8. The molecule has 14 heteroatoms. The van der Waals surface area contributed by atoms with E-state index in [9.17, 15) is 47.4 Å². The first-order valence-corrected chi connectivity index (χ1v) is 13.5. The SMILES string of the molecule is CNc1cc(CNCc2ccc(OC(F)(F)F)cc2)c(O)c2c1C[C@H]1C[C@H]3CC(=O)C(C(N)=O)C(=O)[C@@]3(O)C(=O)C1C2=O. The summed E-state index contributed by atoms with van der Waals surface area (Å²) in [5.74, 6) is -11.3. The van der Waals surface area contributed by atoms with Crippen molar-refractivity contribution in [2.75, 3.05) is 12.4 Å². The third-order valence-corrected chi connectivity index (χ3v) is 8.55. The van der Waals surface area contributed by atoms with Crippen LogP contribution in [-0.2, 0) is 38.7 Å². The van der Waals surface area contributed by atoms with E-state index in [1.165, 1.54) is 12.1 Å². The van der Waals surface area contributed by atoms with Gasteiger partial charge in [0.25, 0.3) is 0 Å². The predicted octanol–water partition coefficient (Wildman–Crippen LogP) is 1.56. The van der Waals surface area contributed by atoms with E-state index in [2.05, 4.69) is 15.4 Å². The molecule has 3 aliphatic rings.